The molecule has 144 valence electrons. The normalized spacial score (nSPS) is 11.5. The standard InChI is InChI=1S/C19H24N4O4/c1-3-11-20-18(25)14(2)21-19(26)16-9-10-17(24)23(22-16)12-13-27-15-7-5-4-6-8-15/h4-10,14H,3,11-13H2,1-2H3,(H,20,25)(H,21,26)/t14-/m1/s1. The topological polar surface area (TPSA) is 102 Å². The van der Waals surface area contributed by atoms with Gasteiger partial charge < -0.3 is 15.4 Å². The molecule has 2 N–H and O–H groups in total. The molecule has 2 aromatic rings. The average Bonchev–Trinajstić information content (AvgIpc) is 2.68. The zero-order valence-electron chi connectivity index (χ0n) is 15.5. The van der Waals surface area contributed by atoms with E-state index in [9.17, 15) is 14.4 Å². The number of hydrogen-bond acceptors (Lipinski definition) is 5. The number of benzene rings is 1. The zero-order chi connectivity index (χ0) is 19.6. The molecule has 1 heterocycles. The fraction of sp³-hybridized carbons (Fsp3) is 0.368. The molecule has 2 rings (SSSR count). The summed E-state index contributed by atoms with van der Waals surface area (Å²) in [6.07, 6.45) is 0.810. The Morgan fingerprint density at radius 1 is 1.19 bits per heavy atom. The summed E-state index contributed by atoms with van der Waals surface area (Å²) in [5, 5.41) is 9.34. The van der Waals surface area contributed by atoms with Crippen LogP contribution in [-0.2, 0) is 11.3 Å². The van der Waals surface area contributed by atoms with Gasteiger partial charge in [-0.15, -0.1) is 0 Å². The van der Waals surface area contributed by atoms with Crippen molar-refractivity contribution in [3.8, 4) is 5.75 Å². The van der Waals surface area contributed by atoms with Crippen molar-refractivity contribution < 1.29 is 14.3 Å². The van der Waals surface area contributed by atoms with Crippen molar-refractivity contribution >= 4 is 11.8 Å². The minimum absolute atomic E-state index is 0.0597. The summed E-state index contributed by atoms with van der Waals surface area (Å²) in [7, 11) is 0. The van der Waals surface area contributed by atoms with E-state index in [-0.39, 0.29) is 30.3 Å². The Morgan fingerprint density at radius 2 is 1.93 bits per heavy atom. The van der Waals surface area contributed by atoms with E-state index in [0.717, 1.165) is 6.42 Å². The Balaban J connectivity index is 1.95. The monoisotopic (exact) mass is 372 g/mol. The second-order valence-electron chi connectivity index (χ2n) is 5.93. The predicted molar refractivity (Wildman–Crippen MR) is 101 cm³/mol. The summed E-state index contributed by atoms with van der Waals surface area (Å²) < 4.78 is 6.71. The lowest BCUT2D eigenvalue weighted by Gasteiger charge is -2.14. The van der Waals surface area contributed by atoms with Gasteiger partial charge in [0.15, 0.2) is 0 Å². The summed E-state index contributed by atoms with van der Waals surface area (Å²) in [6.45, 7) is 4.51. The minimum Gasteiger partial charge on any atom is -0.492 e. The third kappa shape index (κ3) is 6.25. The van der Waals surface area contributed by atoms with E-state index >= 15 is 0 Å². The number of ether oxygens (including phenoxy) is 1. The molecule has 0 spiro atoms. The molecule has 0 bridgehead atoms. The fourth-order valence-electron chi connectivity index (χ4n) is 2.23. The Labute approximate surface area is 157 Å². The van der Waals surface area contributed by atoms with Gasteiger partial charge in [0, 0.05) is 12.6 Å². The van der Waals surface area contributed by atoms with Gasteiger partial charge in [-0.05, 0) is 31.5 Å². The van der Waals surface area contributed by atoms with Crippen molar-refractivity contribution in [3.05, 3.63) is 58.5 Å². The SMILES string of the molecule is CCCNC(=O)[C@@H](C)NC(=O)c1ccc(=O)n(CCOc2ccccc2)n1. The molecule has 1 atom stereocenters. The second kappa shape index (κ2) is 10.1. The molecular formula is C19H24N4O4. The summed E-state index contributed by atoms with van der Waals surface area (Å²) in [5.41, 5.74) is -0.276. The summed E-state index contributed by atoms with van der Waals surface area (Å²) in [4.78, 5) is 36.1. The second-order valence-corrected chi connectivity index (χ2v) is 5.93. The zero-order valence-corrected chi connectivity index (χ0v) is 15.5. The van der Waals surface area contributed by atoms with E-state index in [1.807, 2.05) is 37.3 Å². The Kier molecular flexibility index (Phi) is 7.54. The van der Waals surface area contributed by atoms with Crippen LogP contribution in [0.25, 0.3) is 0 Å². The first-order chi connectivity index (χ1) is 13.0. The van der Waals surface area contributed by atoms with Gasteiger partial charge in [0.25, 0.3) is 11.5 Å². The van der Waals surface area contributed by atoms with Crippen molar-refractivity contribution in [1.82, 2.24) is 20.4 Å². The first-order valence-electron chi connectivity index (χ1n) is 8.86. The number of carbonyl (C=O) groups excluding carboxylic acids is 2. The predicted octanol–water partition coefficient (Wildman–Crippen LogP) is 0.967. The van der Waals surface area contributed by atoms with Crippen LogP contribution >= 0.6 is 0 Å². The lowest BCUT2D eigenvalue weighted by molar-refractivity contribution is -0.122. The maximum absolute atomic E-state index is 12.3. The van der Waals surface area contributed by atoms with E-state index in [1.165, 1.54) is 16.8 Å². The van der Waals surface area contributed by atoms with E-state index in [2.05, 4.69) is 15.7 Å². The summed E-state index contributed by atoms with van der Waals surface area (Å²) in [6, 6.07) is 11.1. The van der Waals surface area contributed by atoms with E-state index in [1.54, 1.807) is 6.92 Å². The average molecular weight is 372 g/mol. The van der Waals surface area contributed by atoms with Crippen LogP contribution < -0.4 is 20.9 Å². The third-order valence-corrected chi connectivity index (χ3v) is 3.70. The number of hydrogen-bond donors (Lipinski definition) is 2. The number of carbonyl (C=O) groups is 2. The van der Waals surface area contributed by atoms with Crippen LogP contribution in [0.5, 0.6) is 5.75 Å². The van der Waals surface area contributed by atoms with Gasteiger partial charge in [-0.1, -0.05) is 25.1 Å². The highest BCUT2D eigenvalue weighted by Crippen LogP contribution is 2.07. The van der Waals surface area contributed by atoms with E-state index in [4.69, 9.17) is 4.74 Å². The molecule has 0 unspecified atom stereocenters. The van der Waals surface area contributed by atoms with Gasteiger partial charge in [-0.2, -0.15) is 5.10 Å². The molecule has 8 heteroatoms. The number of rotatable bonds is 9. The van der Waals surface area contributed by atoms with Crippen LogP contribution in [0.3, 0.4) is 0 Å². The maximum Gasteiger partial charge on any atom is 0.272 e. The molecule has 0 aliphatic carbocycles. The third-order valence-electron chi connectivity index (χ3n) is 3.70. The molecule has 1 aromatic heterocycles. The number of para-hydroxylation sites is 1. The molecule has 0 saturated heterocycles. The molecule has 2 amide bonds. The minimum atomic E-state index is -0.701. The fourth-order valence-corrected chi connectivity index (χ4v) is 2.23. The van der Waals surface area contributed by atoms with Crippen molar-refractivity contribution in [2.24, 2.45) is 0 Å². The van der Waals surface area contributed by atoms with Crippen molar-refractivity contribution in [3.63, 3.8) is 0 Å². The first kappa shape index (κ1) is 20.2. The highest BCUT2D eigenvalue weighted by atomic mass is 16.5. The molecule has 27 heavy (non-hydrogen) atoms. The molecule has 8 nitrogen and oxygen atoms in total. The van der Waals surface area contributed by atoms with Gasteiger partial charge in [0.05, 0.1) is 6.54 Å². The quantitative estimate of drug-likeness (QED) is 0.683. The number of nitrogens with one attached hydrogen (secondary N) is 2. The van der Waals surface area contributed by atoms with E-state index in [0.29, 0.717) is 12.3 Å². The molecule has 0 radical (unpaired) electrons. The van der Waals surface area contributed by atoms with E-state index < -0.39 is 11.9 Å². The Bertz CT molecular complexity index is 820. The lowest BCUT2D eigenvalue weighted by atomic mass is 10.2. The number of amides is 2. The Hall–Kier alpha value is -3.16. The van der Waals surface area contributed by atoms with Gasteiger partial charge in [-0.25, -0.2) is 4.68 Å². The Morgan fingerprint density at radius 3 is 2.63 bits per heavy atom. The van der Waals surface area contributed by atoms with Crippen LogP contribution in [0, 0.1) is 0 Å². The summed E-state index contributed by atoms with van der Waals surface area (Å²) >= 11 is 0. The van der Waals surface area contributed by atoms with Gasteiger partial charge in [0.1, 0.15) is 24.1 Å². The first-order valence-corrected chi connectivity index (χ1v) is 8.86. The summed E-state index contributed by atoms with van der Waals surface area (Å²) in [5.74, 6) is -0.104. The maximum atomic E-state index is 12.3. The van der Waals surface area contributed by atoms with Crippen molar-refractivity contribution in [2.45, 2.75) is 32.9 Å². The van der Waals surface area contributed by atoms with Gasteiger partial charge in [0.2, 0.25) is 5.91 Å². The lowest BCUT2D eigenvalue weighted by Crippen LogP contribution is -2.45. The highest BCUT2D eigenvalue weighted by molar-refractivity contribution is 5.95. The van der Waals surface area contributed by atoms with Gasteiger partial charge in [-0.3, -0.25) is 14.4 Å². The number of nitrogens with zero attached hydrogens (tertiary/aromatic N) is 2. The van der Waals surface area contributed by atoms with Crippen LogP contribution in [0.2, 0.25) is 0 Å². The van der Waals surface area contributed by atoms with Crippen LogP contribution in [0.1, 0.15) is 30.8 Å². The molecule has 0 fully saturated rings. The largest absolute Gasteiger partial charge is 0.492 e. The van der Waals surface area contributed by atoms with Crippen LogP contribution in [0.15, 0.2) is 47.3 Å². The molecule has 1 aromatic carbocycles. The van der Waals surface area contributed by atoms with Crippen LogP contribution in [-0.4, -0.2) is 40.8 Å². The van der Waals surface area contributed by atoms with Crippen molar-refractivity contribution in [2.75, 3.05) is 13.2 Å². The molecular weight excluding hydrogens is 348 g/mol. The molecule has 0 aliphatic heterocycles. The van der Waals surface area contributed by atoms with Crippen molar-refractivity contribution in [1.29, 1.82) is 0 Å². The highest BCUT2D eigenvalue weighted by Gasteiger charge is 2.17. The molecule has 0 aliphatic rings. The van der Waals surface area contributed by atoms with Gasteiger partial charge >= 0.3 is 0 Å². The van der Waals surface area contributed by atoms with Crippen LogP contribution in [0.4, 0.5) is 0 Å². The smallest absolute Gasteiger partial charge is 0.272 e. The molecule has 0 saturated carbocycles. The number of aromatic nitrogens is 2.